The molecule has 0 spiro atoms. The molecule has 0 aliphatic rings. The fraction of sp³-hybridized carbons (Fsp3) is 0.0588. The molecule has 3 rings (SSSR count). The summed E-state index contributed by atoms with van der Waals surface area (Å²) in [5, 5.41) is 6.87. The van der Waals surface area contributed by atoms with E-state index in [1.54, 1.807) is 24.3 Å². The predicted molar refractivity (Wildman–Crippen MR) is 88.0 cm³/mol. The van der Waals surface area contributed by atoms with Crippen LogP contribution in [0.4, 0.5) is 18.9 Å². The van der Waals surface area contributed by atoms with Gasteiger partial charge in [-0.05, 0) is 54.6 Å². The zero-order valence-corrected chi connectivity index (χ0v) is 13.3. The lowest BCUT2D eigenvalue weighted by molar-refractivity contribution is -0.142. The maximum absolute atomic E-state index is 12.9. The Balaban J connectivity index is 1.78. The van der Waals surface area contributed by atoms with Crippen LogP contribution < -0.4 is 5.32 Å². The van der Waals surface area contributed by atoms with Gasteiger partial charge in [0.25, 0.3) is 5.91 Å². The number of halogens is 4. The van der Waals surface area contributed by atoms with Crippen LogP contribution >= 0.6 is 11.6 Å². The quantitative estimate of drug-likeness (QED) is 0.725. The number of hydrogen-bond acceptors (Lipinski definition) is 2. The van der Waals surface area contributed by atoms with E-state index in [2.05, 4.69) is 10.4 Å². The minimum atomic E-state index is -4.50. The number of hydrogen-bond donors (Lipinski definition) is 1. The zero-order valence-electron chi connectivity index (χ0n) is 12.6. The van der Waals surface area contributed by atoms with Crippen LogP contribution in [-0.2, 0) is 6.18 Å². The molecule has 0 saturated heterocycles. The summed E-state index contributed by atoms with van der Waals surface area (Å²) < 4.78 is 39.5. The third-order valence-corrected chi connectivity index (χ3v) is 3.66. The smallest absolute Gasteiger partial charge is 0.322 e. The highest BCUT2D eigenvalue weighted by atomic mass is 35.5. The van der Waals surface area contributed by atoms with Gasteiger partial charge in [-0.1, -0.05) is 11.6 Å². The predicted octanol–water partition coefficient (Wildman–Crippen LogP) is 4.80. The molecule has 128 valence electrons. The largest absolute Gasteiger partial charge is 0.433 e. The summed E-state index contributed by atoms with van der Waals surface area (Å²) in [5.41, 5.74) is 0.233. The lowest BCUT2D eigenvalue weighted by atomic mass is 10.2. The standard InChI is InChI=1S/C17H11ClF3N3O/c18-12-3-1-11(2-4-12)16(25)23-13-5-7-14(8-6-13)24-15(9-10-22-24)17(19,20)21/h1-10H,(H,23,25). The molecule has 0 aliphatic carbocycles. The van der Waals surface area contributed by atoms with Gasteiger partial charge in [0.05, 0.1) is 11.9 Å². The highest BCUT2D eigenvalue weighted by Crippen LogP contribution is 2.30. The molecule has 1 amide bonds. The minimum Gasteiger partial charge on any atom is -0.322 e. The highest BCUT2D eigenvalue weighted by molar-refractivity contribution is 6.30. The Labute approximate surface area is 145 Å². The van der Waals surface area contributed by atoms with E-state index in [-0.39, 0.29) is 11.6 Å². The summed E-state index contributed by atoms with van der Waals surface area (Å²) in [6.07, 6.45) is -3.42. The SMILES string of the molecule is O=C(Nc1ccc(-n2nccc2C(F)(F)F)cc1)c1ccc(Cl)cc1. The number of nitrogens with one attached hydrogen (secondary N) is 1. The number of carbonyl (C=O) groups is 1. The van der Waals surface area contributed by atoms with Gasteiger partial charge in [0.15, 0.2) is 0 Å². The van der Waals surface area contributed by atoms with Gasteiger partial charge in [-0.2, -0.15) is 18.3 Å². The van der Waals surface area contributed by atoms with Crippen LogP contribution in [-0.4, -0.2) is 15.7 Å². The van der Waals surface area contributed by atoms with Crippen molar-refractivity contribution in [3.63, 3.8) is 0 Å². The van der Waals surface area contributed by atoms with E-state index in [9.17, 15) is 18.0 Å². The zero-order chi connectivity index (χ0) is 18.0. The maximum Gasteiger partial charge on any atom is 0.433 e. The average molecular weight is 366 g/mol. The van der Waals surface area contributed by atoms with Crippen LogP contribution in [0.15, 0.2) is 60.8 Å². The summed E-state index contributed by atoms with van der Waals surface area (Å²) in [6, 6.07) is 13.1. The Morgan fingerprint density at radius 1 is 1.00 bits per heavy atom. The van der Waals surface area contributed by atoms with Gasteiger partial charge in [0.2, 0.25) is 0 Å². The molecule has 0 atom stereocenters. The van der Waals surface area contributed by atoms with Crippen LogP contribution in [0.1, 0.15) is 16.1 Å². The van der Waals surface area contributed by atoms with Crippen molar-refractivity contribution in [3.05, 3.63) is 77.1 Å². The summed E-state index contributed by atoms with van der Waals surface area (Å²) in [6.45, 7) is 0. The molecule has 0 radical (unpaired) electrons. The van der Waals surface area contributed by atoms with Crippen LogP contribution in [0.2, 0.25) is 5.02 Å². The molecule has 0 fully saturated rings. The Morgan fingerprint density at radius 3 is 2.24 bits per heavy atom. The summed E-state index contributed by atoms with van der Waals surface area (Å²) >= 11 is 5.77. The summed E-state index contributed by atoms with van der Waals surface area (Å²) in [4.78, 5) is 12.1. The molecule has 8 heteroatoms. The van der Waals surface area contributed by atoms with E-state index >= 15 is 0 Å². The second kappa shape index (κ2) is 6.60. The average Bonchev–Trinajstić information content (AvgIpc) is 3.06. The number of aromatic nitrogens is 2. The van der Waals surface area contributed by atoms with Gasteiger partial charge >= 0.3 is 6.18 Å². The maximum atomic E-state index is 12.9. The molecule has 4 nitrogen and oxygen atoms in total. The molecule has 0 aliphatic heterocycles. The number of nitrogens with zero attached hydrogens (tertiary/aromatic N) is 2. The molecule has 0 saturated carbocycles. The first-order valence-corrected chi connectivity index (χ1v) is 7.51. The summed E-state index contributed by atoms with van der Waals surface area (Å²) in [5.74, 6) is -0.348. The number of alkyl halides is 3. The molecule has 0 unspecified atom stereocenters. The van der Waals surface area contributed by atoms with Crippen molar-refractivity contribution < 1.29 is 18.0 Å². The van der Waals surface area contributed by atoms with Crippen LogP contribution in [0.3, 0.4) is 0 Å². The van der Waals surface area contributed by atoms with E-state index in [0.717, 1.165) is 16.9 Å². The Morgan fingerprint density at radius 2 is 1.64 bits per heavy atom. The number of benzene rings is 2. The first-order valence-electron chi connectivity index (χ1n) is 7.13. The third-order valence-electron chi connectivity index (χ3n) is 3.41. The van der Waals surface area contributed by atoms with Crippen LogP contribution in [0.25, 0.3) is 5.69 Å². The van der Waals surface area contributed by atoms with Gasteiger partial charge in [-0.3, -0.25) is 4.79 Å². The number of anilines is 1. The topological polar surface area (TPSA) is 46.9 Å². The monoisotopic (exact) mass is 365 g/mol. The van der Waals surface area contributed by atoms with Crippen molar-refractivity contribution in [3.8, 4) is 5.69 Å². The van der Waals surface area contributed by atoms with Crippen molar-refractivity contribution >= 4 is 23.2 Å². The van der Waals surface area contributed by atoms with Gasteiger partial charge in [0.1, 0.15) is 5.69 Å². The Bertz CT molecular complexity index is 887. The van der Waals surface area contributed by atoms with Crippen LogP contribution in [0, 0.1) is 0 Å². The lowest BCUT2D eigenvalue weighted by Crippen LogP contribution is -2.14. The third kappa shape index (κ3) is 3.83. The first kappa shape index (κ1) is 17.0. The van der Waals surface area contributed by atoms with E-state index in [4.69, 9.17) is 11.6 Å². The molecule has 0 bridgehead atoms. The molecule has 1 aromatic heterocycles. The second-order valence-electron chi connectivity index (χ2n) is 5.13. The van der Waals surface area contributed by atoms with E-state index < -0.39 is 11.9 Å². The van der Waals surface area contributed by atoms with Crippen molar-refractivity contribution in [2.24, 2.45) is 0 Å². The van der Waals surface area contributed by atoms with Gasteiger partial charge in [-0.15, -0.1) is 0 Å². The van der Waals surface area contributed by atoms with Crippen molar-refractivity contribution in [1.29, 1.82) is 0 Å². The molecule has 3 aromatic rings. The molecule has 2 aromatic carbocycles. The first-order chi connectivity index (χ1) is 11.8. The number of carbonyl (C=O) groups excluding carboxylic acids is 1. The molecule has 1 heterocycles. The molecule has 25 heavy (non-hydrogen) atoms. The molecular weight excluding hydrogens is 355 g/mol. The van der Waals surface area contributed by atoms with Crippen LogP contribution in [0.5, 0.6) is 0 Å². The van der Waals surface area contributed by atoms with E-state index in [0.29, 0.717) is 16.3 Å². The highest BCUT2D eigenvalue weighted by Gasteiger charge is 2.35. The van der Waals surface area contributed by atoms with Crippen molar-refractivity contribution in [2.75, 3.05) is 5.32 Å². The van der Waals surface area contributed by atoms with E-state index in [1.165, 1.54) is 24.3 Å². The Kier molecular flexibility index (Phi) is 4.50. The Hall–Kier alpha value is -2.80. The minimum absolute atomic E-state index is 0.238. The molecular formula is C17H11ClF3N3O. The van der Waals surface area contributed by atoms with Gasteiger partial charge in [0, 0.05) is 16.3 Å². The number of rotatable bonds is 3. The fourth-order valence-electron chi connectivity index (χ4n) is 2.21. The van der Waals surface area contributed by atoms with Crippen molar-refractivity contribution in [1.82, 2.24) is 9.78 Å². The summed E-state index contributed by atoms with van der Waals surface area (Å²) in [7, 11) is 0. The van der Waals surface area contributed by atoms with Gasteiger partial charge in [-0.25, -0.2) is 4.68 Å². The fourth-order valence-corrected chi connectivity index (χ4v) is 2.34. The van der Waals surface area contributed by atoms with Gasteiger partial charge < -0.3 is 5.32 Å². The second-order valence-corrected chi connectivity index (χ2v) is 5.57. The van der Waals surface area contributed by atoms with Crippen molar-refractivity contribution in [2.45, 2.75) is 6.18 Å². The molecule has 1 N–H and O–H groups in total. The van der Waals surface area contributed by atoms with E-state index in [1.807, 2.05) is 0 Å². The normalized spacial score (nSPS) is 11.4. The number of amides is 1. The lowest BCUT2D eigenvalue weighted by Gasteiger charge is -2.11.